The Bertz CT molecular complexity index is 562. The van der Waals surface area contributed by atoms with Gasteiger partial charge in [-0.05, 0) is 57.9 Å². The number of likely N-dealkylation sites (tertiary alicyclic amines) is 2. The van der Waals surface area contributed by atoms with Gasteiger partial charge in [0.05, 0.1) is 5.60 Å². The molecule has 2 aliphatic rings. The van der Waals surface area contributed by atoms with Crippen LogP contribution < -0.4 is 0 Å². The number of carbonyl (C=O) groups excluding carboxylic acids is 1. The van der Waals surface area contributed by atoms with Crippen LogP contribution in [0.1, 0.15) is 42.6 Å². The summed E-state index contributed by atoms with van der Waals surface area (Å²) in [6, 6.07) is 8.80. The quantitative estimate of drug-likeness (QED) is 0.924. The first-order valence-corrected chi connectivity index (χ1v) is 8.16. The van der Waals surface area contributed by atoms with Gasteiger partial charge < -0.3 is 10.0 Å². The summed E-state index contributed by atoms with van der Waals surface area (Å²) >= 11 is 0. The lowest BCUT2D eigenvalue weighted by Crippen LogP contribution is -2.47. The average Bonchev–Trinajstić information content (AvgIpc) is 3.03. The van der Waals surface area contributed by atoms with Gasteiger partial charge in [0.25, 0.3) is 5.91 Å². The molecule has 4 nitrogen and oxygen atoms in total. The van der Waals surface area contributed by atoms with E-state index in [1.807, 2.05) is 43.0 Å². The van der Waals surface area contributed by atoms with Gasteiger partial charge in [0.2, 0.25) is 0 Å². The van der Waals surface area contributed by atoms with E-state index >= 15 is 0 Å². The molecular weight excluding hydrogens is 276 g/mol. The summed E-state index contributed by atoms with van der Waals surface area (Å²) in [6.45, 7) is 5.49. The molecule has 1 amide bonds. The van der Waals surface area contributed by atoms with Crippen molar-refractivity contribution in [2.24, 2.45) is 0 Å². The summed E-state index contributed by atoms with van der Waals surface area (Å²) in [7, 11) is 2.14. The molecule has 0 aromatic heterocycles. The number of amides is 1. The predicted octanol–water partition coefficient (Wildman–Crippen LogP) is 1.92. The molecule has 2 bridgehead atoms. The molecule has 2 atom stereocenters. The van der Waals surface area contributed by atoms with Crippen molar-refractivity contribution in [3.63, 3.8) is 0 Å². The van der Waals surface area contributed by atoms with Crippen LogP contribution in [0.4, 0.5) is 0 Å². The van der Waals surface area contributed by atoms with Gasteiger partial charge in [-0.2, -0.15) is 0 Å². The summed E-state index contributed by atoms with van der Waals surface area (Å²) in [5.74, 6) is 0.158. The van der Waals surface area contributed by atoms with Crippen LogP contribution in [0.5, 0.6) is 0 Å². The van der Waals surface area contributed by atoms with Gasteiger partial charge in [-0.25, -0.2) is 0 Å². The summed E-state index contributed by atoms with van der Waals surface area (Å²) in [5, 5.41) is 9.85. The number of likely N-dealkylation sites (N-methyl/N-ethyl adjacent to an activating group) is 1. The molecule has 1 aromatic rings. The third-order valence-corrected chi connectivity index (χ3v) is 4.97. The fraction of sp³-hybridized carbons (Fsp3) is 0.611. The van der Waals surface area contributed by atoms with Gasteiger partial charge in [-0.3, -0.25) is 9.69 Å². The van der Waals surface area contributed by atoms with E-state index in [-0.39, 0.29) is 5.91 Å². The number of piperazine rings is 1. The fourth-order valence-corrected chi connectivity index (χ4v) is 3.59. The molecular formula is C18H26N2O2. The van der Waals surface area contributed by atoms with Crippen molar-refractivity contribution in [2.75, 3.05) is 20.1 Å². The van der Waals surface area contributed by atoms with Gasteiger partial charge in [0, 0.05) is 30.7 Å². The third kappa shape index (κ3) is 3.18. The van der Waals surface area contributed by atoms with Crippen LogP contribution in [0, 0.1) is 0 Å². The van der Waals surface area contributed by atoms with Crippen LogP contribution in [-0.2, 0) is 6.42 Å². The molecule has 2 fully saturated rings. The highest BCUT2D eigenvalue weighted by molar-refractivity contribution is 5.95. The molecule has 0 aliphatic carbocycles. The normalized spacial score (nSPS) is 25.0. The lowest BCUT2D eigenvalue weighted by Gasteiger charge is -2.32. The maximum Gasteiger partial charge on any atom is 0.254 e. The molecule has 4 heteroatoms. The van der Waals surface area contributed by atoms with Crippen LogP contribution in [0.25, 0.3) is 0 Å². The summed E-state index contributed by atoms with van der Waals surface area (Å²) in [6.07, 6.45) is 2.60. The fourth-order valence-electron chi connectivity index (χ4n) is 3.59. The zero-order valence-electron chi connectivity index (χ0n) is 13.7. The molecule has 3 rings (SSSR count). The second kappa shape index (κ2) is 5.67. The molecule has 2 heterocycles. The molecule has 120 valence electrons. The lowest BCUT2D eigenvalue weighted by molar-refractivity contribution is 0.0650. The average molecular weight is 302 g/mol. The van der Waals surface area contributed by atoms with E-state index < -0.39 is 5.60 Å². The Kier molecular flexibility index (Phi) is 4.00. The van der Waals surface area contributed by atoms with Crippen molar-refractivity contribution in [1.82, 2.24) is 9.80 Å². The second-order valence-corrected chi connectivity index (χ2v) is 7.45. The van der Waals surface area contributed by atoms with Crippen LogP contribution >= 0.6 is 0 Å². The SMILES string of the molecule is CN1C[C@@H]2C[C@H]1CN2C(=O)c1cccc(CCC(C)(C)O)c1. The van der Waals surface area contributed by atoms with Gasteiger partial charge in [0.15, 0.2) is 0 Å². The summed E-state index contributed by atoms with van der Waals surface area (Å²) in [5.41, 5.74) is 1.23. The van der Waals surface area contributed by atoms with Gasteiger partial charge in [0.1, 0.15) is 0 Å². The van der Waals surface area contributed by atoms with Crippen molar-refractivity contribution in [3.8, 4) is 0 Å². The molecule has 22 heavy (non-hydrogen) atoms. The lowest BCUT2D eigenvalue weighted by atomic mass is 9.97. The molecule has 1 N–H and O–H groups in total. The Morgan fingerprint density at radius 2 is 2.09 bits per heavy atom. The number of rotatable bonds is 4. The highest BCUT2D eigenvalue weighted by Gasteiger charge is 2.43. The minimum atomic E-state index is -0.668. The van der Waals surface area contributed by atoms with Crippen LogP contribution in [0.2, 0.25) is 0 Å². The van der Waals surface area contributed by atoms with E-state index in [1.165, 1.54) is 0 Å². The minimum absolute atomic E-state index is 0.158. The van der Waals surface area contributed by atoms with E-state index in [1.54, 1.807) is 0 Å². The van der Waals surface area contributed by atoms with Crippen molar-refractivity contribution in [2.45, 2.75) is 50.8 Å². The summed E-state index contributed by atoms with van der Waals surface area (Å²) in [4.78, 5) is 17.2. The van der Waals surface area contributed by atoms with Crippen molar-refractivity contribution < 1.29 is 9.90 Å². The van der Waals surface area contributed by atoms with Crippen molar-refractivity contribution in [3.05, 3.63) is 35.4 Å². The van der Waals surface area contributed by atoms with Crippen LogP contribution in [0.15, 0.2) is 24.3 Å². The zero-order valence-corrected chi connectivity index (χ0v) is 13.7. The number of hydrogen-bond donors (Lipinski definition) is 1. The number of aryl methyl sites for hydroxylation is 1. The first-order valence-electron chi connectivity index (χ1n) is 8.16. The van der Waals surface area contributed by atoms with Gasteiger partial charge >= 0.3 is 0 Å². The highest BCUT2D eigenvalue weighted by Crippen LogP contribution is 2.30. The molecule has 0 spiro atoms. The number of aliphatic hydroxyl groups is 1. The van der Waals surface area contributed by atoms with E-state index in [0.717, 1.165) is 37.1 Å². The van der Waals surface area contributed by atoms with E-state index in [4.69, 9.17) is 0 Å². The number of hydrogen-bond acceptors (Lipinski definition) is 3. The first-order chi connectivity index (χ1) is 10.3. The third-order valence-electron chi connectivity index (χ3n) is 4.97. The predicted molar refractivity (Wildman–Crippen MR) is 86.9 cm³/mol. The van der Waals surface area contributed by atoms with E-state index in [9.17, 15) is 9.90 Å². The van der Waals surface area contributed by atoms with Crippen LogP contribution in [0.3, 0.4) is 0 Å². The van der Waals surface area contributed by atoms with Crippen molar-refractivity contribution >= 4 is 5.91 Å². The topological polar surface area (TPSA) is 43.8 Å². The molecule has 2 aliphatic heterocycles. The molecule has 0 radical (unpaired) electrons. The Hall–Kier alpha value is -1.39. The monoisotopic (exact) mass is 302 g/mol. The zero-order chi connectivity index (χ0) is 15.9. The summed E-state index contributed by atoms with van der Waals surface area (Å²) < 4.78 is 0. The van der Waals surface area contributed by atoms with Gasteiger partial charge in [-0.15, -0.1) is 0 Å². The first kappa shape index (κ1) is 15.5. The molecule has 2 saturated heterocycles. The highest BCUT2D eigenvalue weighted by atomic mass is 16.3. The van der Waals surface area contributed by atoms with Crippen LogP contribution in [-0.4, -0.2) is 58.6 Å². The Morgan fingerprint density at radius 3 is 2.68 bits per heavy atom. The number of nitrogens with zero attached hydrogens (tertiary/aromatic N) is 2. The number of carbonyl (C=O) groups is 1. The smallest absolute Gasteiger partial charge is 0.254 e. The van der Waals surface area contributed by atoms with Crippen molar-refractivity contribution in [1.29, 1.82) is 0 Å². The van der Waals surface area contributed by atoms with E-state index in [0.29, 0.717) is 18.5 Å². The maximum atomic E-state index is 12.8. The minimum Gasteiger partial charge on any atom is -0.390 e. The van der Waals surface area contributed by atoms with E-state index in [2.05, 4.69) is 11.9 Å². The Labute approximate surface area is 132 Å². The Balaban J connectivity index is 1.69. The molecule has 0 saturated carbocycles. The Morgan fingerprint density at radius 1 is 1.32 bits per heavy atom. The number of fused-ring (bicyclic) bond motifs is 2. The maximum absolute atomic E-state index is 12.8. The van der Waals surface area contributed by atoms with Gasteiger partial charge in [-0.1, -0.05) is 12.1 Å². The molecule has 0 unspecified atom stereocenters. The molecule has 1 aromatic carbocycles. The largest absolute Gasteiger partial charge is 0.390 e. The second-order valence-electron chi connectivity index (χ2n) is 7.45. The number of benzene rings is 1. The standard InChI is InChI=1S/C18H26N2O2/c1-18(2,22)8-7-13-5-4-6-14(9-13)17(21)20-12-15-10-16(20)11-19(15)3/h4-6,9,15-16,22H,7-8,10-12H2,1-3H3/t15-,16-/m0/s1.